The van der Waals surface area contributed by atoms with E-state index in [0.29, 0.717) is 24.5 Å². The Morgan fingerprint density at radius 2 is 1.96 bits per heavy atom. The van der Waals surface area contributed by atoms with Crippen LogP contribution in [-0.2, 0) is 11.3 Å². The number of carbonyl (C=O) groups is 1. The van der Waals surface area contributed by atoms with Crippen LogP contribution in [0.4, 0.5) is 0 Å². The molecule has 1 N–H and O–H groups in total. The fourth-order valence-corrected chi connectivity index (χ4v) is 2.60. The van der Waals surface area contributed by atoms with E-state index in [1.54, 1.807) is 30.3 Å². The Balaban J connectivity index is 1.68. The normalized spacial score (nSPS) is 13.0. The molecule has 0 spiro atoms. The van der Waals surface area contributed by atoms with Crippen LogP contribution in [0.5, 0.6) is 11.5 Å². The molecule has 0 bridgehead atoms. The van der Waals surface area contributed by atoms with Crippen molar-refractivity contribution in [3.05, 3.63) is 53.6 Å². The molecule has 1 heterocycles. The summed E-state index contributed by atoms with van der Waals surface area (Å²) >= 11 is 0. The SMILES string of the molecule is CCCCC(=O)c1ccc(Oc2ccc3c(c2)COB3O)cc1. The van der Waals surface area contributed by atoms with Crippen LogP contribution in [-0.4, -0.2) is 17.9 Å². The van der Waals surface area contributed by atoms with Gasteiger partial charge in [0.1, 0.15) is 11.5 Å². The zero-order valence-corrected chi connectivity index (χ0v) is 13.1. The molecule has 118 valence electrons. The summed E-state index contributed by atoms with van der Waals surface area (Å²) in [5.74, 6) is 1.53. The van der Waals surface area contributed by atoms with E-state index in [2.05, 4.69) is 6.92 Å². The lowest BCUT2D eigenvalue weighted by Crippen LogP contribution is -2.27. The van der Waals surface area contributed by atoms with E-state index in [4.69, 9.17) is 9.39 Å². The first kappa shape index (κ1) is 15.8. The van der Waals surface area contributed by atoms with Crippen LogP contribution in [0.3, 0.4) is 0 Å². The van der Waals surface area contributed by atoms with Gasteiger partial charge in [-0.2, -0.15) is 0 Å². The van der Waals surface area contributed by atoms with Gasteiger partial charge in [-0.05, 0) is 53.8 Å². The number of benzene rings is 2. The lowest BCUT2D eigenvalue weighted by atomic mass is 9.80. The summed E-state index contributed by atoms with van der Waals surface area (Å²) in [6, 6.07) is 12.7. The minimum absolute atomic E-state index is 0.169. The highest BCUT2D eigenvalue weighted by Gasteiger charge is 2.27. The van der Waals surface area contributed by atoms with Crippen LogP contribution in [0.15, 0.2) is 42.5 Å². The van der Waals surface area contributed by atoms with Gasteiger partial charge < -0.3 is 14.4 Å². The Kier molecular flexibility index (Phi) is 4.79. The molecule has 0 amide bonds. The van der Waals surface area contributed by atoms with Crippen LogP contribution in [0.2, 0.25) is 0 Å². The van der Waals surface area contributed by atoms with E-state index in [-0.39, 0.29) is 5.78 Å². The molecular formula is C18H19BO4. The topological polar surface area (TPSA) is 55.8 Å². The van der Waals surface area contributed by atoms with Crippen LogP contribution in [0, 0.1) is 0 Å². The molecule has 1 aliphatic heterocycles. The highest BCUT2D eigenvalue weighted by atomic mass is 16.5. The third-order valence-corrected chi connectivity index (χ3v) is 3.95. The summed E-state index contributed by atoms with van der Waals surface area (Å²) in [5.41, 5.74) is 2.44. The van der Waals surface area contributed by atoms with Crippen molar-refractivity contribution < 1.29 is 19.2 Å². The van der Waals surface area contributed by atoms with Crippen molar-refractivity contribution in [2.75, 3.05) is 0 Å². The first-order chi connectivity index (χ1) is 11.2. The van der Waals surface area contributed by atoms with Crippen molar-refractivity contribution in [3.8, 4) is 11.5 Å². The summed E-state index contributed by atoms with van der Waals surface area (Å²) in [7, 11) is -0.840. The smallest absolute Gasteiger partial charge is 0.457 e. The molecule has 0 saturated heterocycles. The molecule has 23 heavy (non-hydrogen) atoms. The second-order valence-electron chi connectivity index (χ2n) is 5.68. The molecular weight excluding hydrogens is 291 g/mol. The predicted molar refractivity (Wildman–Crippen MR) is 89.2 cm³/mol. The van der Waals surface area contributed by atoms with E-state index < -0.39 is 7.12 Å². The van der Waals surface area contributed by atoms with Crippen molar-refractivity contribution in [2.24, 2.45) is 0 Å². The summed E-state index contributed by atoms with van der Waals surface area (Å²) in [5, 5.41) is 9.61. The quantitative estimate of drug-likeness (QED) is 0.658. The lowest BCUT2D eigenvalue weighted by molar-refractivity contribution is 0.0979. The molecule has 0 fully saturated rings. The zero-order valence-electron chi connectivity index (χ0n) is 13.1. The maximum atomic E-state index is 12.0. The third-order valence-electron chi connectivity index (χ3n) is 3.95. The van der Waals surface area contributed by atoms with Gasteiger partial charge in [-0.15, -0.1) is 0 Å². The molecule has 0 saturated carbocycles. The number of hydrogen-bond acceptors (Lipinski definition) is 4. The standard InChI is InChI=1S/C18H19BO4/c1-2-3-4-18(20)13-5-7-15(8-6-13)23-16-9-10-17-14(11-16)12-22-19(17)21/h5-11,21H,2-4,12H2,1H3. The molecule has 0 aliphatic carbocycles. The first-order valence-electron chi connectivity index (χ1n) is 7.91. The van der Waals surface area contributed by atoms with Gasteiger partial charge in [0.25, 0.3) is 0 Å². The van der Waals surface area contributed by atoms with E-state index >= 15 is 0 Å². The number of ether oxygens (including phenoxy) is 1. The Morgan fingerprint density at radius 3 is 2.70 bits per heavy atom. The average Bonchev–Trinajstić information content (AvgIpc) is 2.94. The number of hydrogen-bond donors (Lipinski definition) is 1. The van der Waals surface area contributed by atoms with Gasteiger partial charge in [0, 0.05) is 12.0 Å². The molecule has 0 atom stereocenters. The van der Waals surface area contributed by atoms with Crippen molar-refractivity contribution in [2.45, 2.75) is 32.8 Å². The van der Waals surface area contributed by atoms with Gasteiger partial charge in [-0.1, -0.05) is 19.4 Å². The van der Waals surface area contributed by atoms with Crippen molar-refractivity contribution in [1.29, 1.82) is 0 Å². The molecule has 4 nitrogen and oxygen atoms in total. The molecule has 1 aliphatic rings. The van der Waals surface area contributed by atoms with Crippen LogP contribution >= 0.6 is 0 Å². The van der Waals surface area contributed by atoms with Crippen LogP contribution in [0.25, 0.3) is 0 Å². The van der Waals surface area contributed by atoms with E-state index in [1.807, 2.05) is 12.1 Å². The molecule has 5 heteroatoms. The van der Waals surface area contributed by atoms with Gasteiger partial charge in [0.2, 0.25) is 0 Å². The predicted octanol–water partition coefficient (Wildman–Crippen LogP) is 3.07. The Morgan fingerprint density at radius 1 is 1.22 bits per heavy atom. The highest BCUT2D eigenvalue weighted by Crippen LogP contribution is 2.24. The van der Waals surface area contributed by atoms with Gasteiger partial charge in [0.05, 0.1) is 6.61 Å². The minimum atomic E-state index is -0.840. The number of Topliss-reactive ketones (excluding diaryl/α,β-unsaturated/α-hetero) is 1. The third kappa shape index (κ3) is 3.63. The van der Waals surface area contributed by atoms with Gasteiger partial charge in [0.15, 0.2) is 5.78 Å². The monoisotopic (exact) mass is 310 g/mol. The summed E-state index contributed by atoms with van der Waals surface area (Å²) in [6.45, 7) is 2.46. The van der Waals surface area contributed by atoms with Gasteiger partial charge in [-0.3, -0.25) is 4.79 Å². The average molecular weight is 310 g/mol. The lowest BCUT2D eigenvalue weighted by Gasteiger charge is -2.08. The second kappa shape index (κ2) is 6.98. The number of rotatable bonds is 6. The number of carbonyl (C=O) groups excluding carboxylic acids is 1. The fraction of sp³-hybridized carbons (Fsp3) is 0.278. The van der Waals surface area contributed by atoms with Gasteiger partial charge >= 0.3 is 7.12 Å². The fourth-order valence-electron chi connectivity index (χ4n) is 2.60. The molecule has 2 aromatic rings. The van der Waals surface area contributed by atoms with Gasteiger partial charge in [-0.25, -0.2) is 0 Å². The minimum Gasteiger partial charge on any atom is -0.457 e. The Bertz CT molecular complexity index is 697. The molecule has 0 aromatic heterocycles. The van der Waals surface area contributed by atoms with Crippen molar-refractivity contribution >= 4 is 18.4 Å². The van der Waals surface area contributed by atoms with Crippen molar-refractivity contribution in [1.82, 2.24) is 0 Å². The highest BCUT2D eigenvalue weighted by molar-refractivity contribution is 6.61. The number of fused-ring (bicyclic) bond motifs is 1. The maximum absolute atomic E-state index is 12.0. The second-order valence-corrected chi connectivity index (χ2v) is 5.68. The van der Waals surface area contributed by atoms with Crippen molar-refractivity contribution in [3.63, 3.8) is 0 Å². The summed E-state index contributed by atoms with van der Waals surface area (Å²) in [4.78, 5) is 12.0. The summed E-state index contributed by atoms with van der Waals surface area (Å²) < 4.78 is 11.0. The Labute approximate surface area is 136 Å². The van der Waals surface area contributed by atoms with Crippen LogP contribution < -0.4 is 10.2 Å². The van der Waals surface area contributed by atoms with E-state index in [9.17, 15) is 9.82 Å². The van der Waals surface area contributed by atoms with E-state index in [1.165, 1.54) is 0 Å². The molecule has 3 rings (SSSR count). The van der Waals surface area contributed by atoms with Crippen LogP contribution in [0.1, 0.15) is 42.1 Å². The first-order valence-corrected chi connectivity index (χ1v) is 7.91. The maximum Gasteiger partial charge on any atom is 0.491 e. The zero-order chi connectivity index (χ0) is 16.2. The number of ketones is 1. The Hall–Kier alpha value is -2.11. The largest absolute Gasteiger partial charge is 0.491 e. The van der Waals surface area contributed by atoms with E-state index in [0.717, 1.165) is 29.4 Å². The molecule has 2 aromatic carbocycles. The molecule has 0 radical (unpaired) electrons. The number of unbranched alkanes of at least 4 members (excludes halogenated alkanes) is 1. The molecule has 0 unspecified atom stereocenters. The summed E-state index contributed by atoms with van der Waals surface area (Å²) in [6.07, 6.45) is 2.52.